The molecule has 2 N–H and O–H groups in total. The zero-order valence-electron chi connectivity index (χ0n) is 14.7. The van der Waals surface area contributed by atoms with E-state index in [1.807, 2.05) is 0 Å². The van der Waals surface area contributed by atoms with Crippen molar-refractivity contribution in [3.63, 3.8) is 0 Å². The molecular formula is C20H35N3. The van der Waals surface area contributed by atoms with Gasteiger partial charge < -0.3 is 10.6 Å². The van der Waals surface area contributed by atoms with Crippen LogP contribution < -0.4 is 10.6 Å². The fourth-order valence-corrected chi connectivity index (χ4v) is 7.36. The Morgan fingerprint density at radius 2 is 1.74 bits per heavy atom. The quantitative estimate of drug-likeness (QED) is 0.779. The second-order valence-corrected chi connectivity index (χ2v) is 9.30. The van der Waals surface area contributed by atoms with Gasteiger partial charge in [0.05, 0.1) is 0 Å². The molecular weight excluding hydrogens is 282 g/mol. The molecule has 0 aromatic carbocycles. The van der Waals surface area contributed by atoms with Crippen molar-refractivity contribution in [1.29, 1.82) is 0 Å². The third-order valence-electron chi connectivity index (χ3n) is 8.16. The molecule has 130 valence electrons. The van der Waals surface area contributed by atoms with E-state index < -0.39 is 0 Å². The molecule has 2 bridgehead atoms. The van der Waals surface area contributed by atoms with Gasteiger partial charge in [0.1, 0.15) is 0 Å². The van der Waals surface area contributed by atoms with Crippen LogP contribution in [0.1, 0.15) is 64.2 Å². The minimum absolute atomic E-state index is 0.530. The number of piperidine rings is 4. The fourth-order valence-electron chi connectivity index (χ4n) is 7.36. The molecule has 0 radical (unpaired) electrons. The molecule has 4 heterocycles. The maximum atomic E-state index is 4.04. The Morgan fingerprint density at radius 1 is 0.826 bits per heavy atom. The number of fused-ring (bicyclic) bond motifs is 6. The highest BCUT2D eigenvalue weighted by molar-refractivity contribution is 5.14. The molecule has 2 unspecified atom stereocenters. The van der Waals surface area contributed by atoms with Gasteiger partial charge in [-0.15, -0.1) is 0 Å². The summed E-state index contributed by atoms with van der Waals surface area (Å²) in [5, 5.41) is 8.04. The monoisotopic (exact) mass is 317 g/mol. The Balaban J connectivity index is 1.50. The number of hydrogen-bond donors (Lipinski definition) is 2. The van der Waals surface area contributed by atoms with Crippen molar-refractivity contribution in [3.8, 4) is 0 Å². The van der Waals surface area contributed by atoms with Crippen molar-refractivity contribution < 1.29 is 0 Å². The molecule has 0 spiro atoms. The van der Waals surface area contributed by atoms with E-state index in [-0.39, 0.29) is 0 Å². The van der Waals surface area contributed by atoms with Crippen molar-refractivity contribution in [1.82, 2.24) is 15.5 Å². The van der Waals surface area contributed by atoms with Gasteiger partial charge >= 0.3 is 0 Å². The molecule has 5 rings (SSSR count). The Bertz CT molecular complexity index is 431. The van der Waals surface area contributed by atoms with Crippen LogP contribution in [0.25, 0.3) is 0 Å². The molecule has 3 nitrogen and oxygen atoms in total. The van der Waals surface area contributed by atoms with Crippen molar-refractivity contribution in [2.24, 2.45) is 17.3 Å². The zero-order valence-corrected chi connectivity index (χ0v) is 14.7. The van der Waals surface area contributed by atoms with Crippen LogP contribution in [0.2, 0.25) is 0 Å². The first kappa shape index (κ1) is 15.2. The summed E-state index contributed by atoms with van der Waals surface area (Å²) in [6.07, 6.45) is 14.6. The smallest absolute Gasteiger partial charge is 0.0179 e. The predicted molar refractivity (Wildman–Crippen MR) is 94.5 cm³/mol. The molecule has 0 amide bonds. The summed E-state index contributed by atoms with van der Waals surface area (Å²) in [6, 6.07) is 2.51. The van der Waals surface area contributed by atoms with Crippen LogP contribution in [0.3, 0.4) is 0 Å². The lowest BCUT2D eigenvalue weighted by Crippen LogP contribution is -2.72. The highest BCUT2D eigenvalue weighted by Gasteiger charge is 2.58. The second kappa shape index (κ2) is 6.00. The first-order chi connectivity index (χ1) is 11.4. The fraction of sp³-hybridized carbons (Fsp3) is 1.00. The van der Waals surface area contributed by atoms with Crippen LogP contribution in [-0.2, 0) is 0 Å². The van der Waals surface area contributed by atoms with E-state index in [2.05, 4.69) is 15.5 Å². The summed E-state index contributed by atoms with van der Waals surface area (Å²) in [7, 11) is 0. The van der Waals surface area contributed by atoms with Crippen LogP contribution in [0.4, 0.5) is 0 Å². The lowest BCUT2D eigenvalue weighted by atomic mass is 9.52. The lowest BCUT2D eigenvalue weighted by molar-refractivity contribution is -0.117. The van der Waals surface area contributed by atoms with Gasteiger partial charge in [-0.05, 0) is 82.8 Å². The topological polar surface area (TPSA) is 27.3 Å². The molecule has 5 aliphatic rings. The minimum atomic E-state index is 0.530. The van der Waals surface area contributed by atoms with Gasteiger partial charge in [-0.1, -0.05) is 12.8 Å². The highest BCUT2D eigenvalue weighted by Crippen LogP contribution is 2.55. The van der Waals surface area contributed by atoms with Crippen molar-refractivity contribution in [2.75, 3.05) is 26.2 Å². The lowest BCUT2D eigenvalue weighted by Gasteiger charge is -2.64. The SMILES string of the molecule is C1CC[C@@H]([C@@]23CC(C[C@H]4CCCN[C@H]42)C2CCCCN2C3)NC1. The Kier molecular flexibility index (Phi) is 3.95. The van der Waals surface area contributed by atoms with Crippen LogP contribution in [0.15, 0.2) is 0 Å². The normalized spacial score (nSPS) is 50.9. The zero-order chi connectivity index (χ0) is 15.3. The summed E-state index contributed by atoms with van der Waals surface area (Å²) in [4.78, 5) is 2.94. The number of nitrogens with zero attached hydrogens (tertiary/aromatic N) is 1. The Hall–Kier alpha value is -0.120. The Morgan fingerprint density at radius 3 is 2.65 bits per heavy atom. The summed E-state index contributed by atoms with van der Waals surface area (Å²) in [5.74, 6) is 1.96. The minimum Gasteiger partial charge on any atom is -0.313 e. The van der Waals surface area contributed by atoms with Crippen LogP contribution in [0, 0.1) is 17.3 Å². The average Bonchev–Trinajstić information content (AvgIpc) is 2.63. The van der Waals surface area contributed by atoms with Crippen molar-refractivity contribution >= 4 is 0 Å². The maximum Gasteiger partial charge on any atom is 0.0179 e. The molecule has 4 aliphatic heterocycles. The highest BCUT2D eigenvalue weighted by atomic mass is 15.2. The van der Waals surface area contributed by atoms with Crippen LogP contribution in [-0.4, -0.2) is 49.2 Å². The van der Waals surface area contributed by atoms with E-state index in [1.165, 1.54) is 90.4 Å². The second-order valence-electron chi connectivity index (χ2n) is 9.30. The van der Waals surface area contributed by atoms with Crippen molar-refractivity contribution in [2.45, 2.75) is 82.3 Å². The predicted octanol–water partition coefficient (Wildman–Crippen LogP) is 2.76. The van der Waals surface area contributed by atoms with Gasteiger partial charge in [-0.2, -0.15) is 0 Å². The molecule has 6 atom stereocenters. The molecule has 0 aromatic rings. The van der Waals surface area contributed by atoms with Crippen LogP contribution in [0.5, 0.6) is 0 Å². The van der Waals surface area contributed by atoms with E-state index in [0.29, 0.717) is 5.41 Å². The number of rotatable bonds is 1. The largest absolute Gasteiger partial charge is 0.313 e. The van der Waals surface area contributed by atoms with Gasteiger partial charge in [0, 0.05) is 30.1 Å². The summed E-state index contributed by atoms with van der Waals surface area (Å²) in [5.41, 5.74) is 0.530. The molecule has 23 heavy (non-hydrogen) atoms. The first-order valence-corrected chi connectivity index (χ1v) is 10.6. The van der Waals surface area contributed by atoms with E-state index in [0.717, 1.165) is 30.0 Å². The molecule has 5 fully saturated rings. The van der Waals surface area contributed by atoms with E-state index in [9.17, 15) is 0 Å². The van der Waals surface area contributed by atoms with Gasteiger partial charge in [0.2, 0.25) is 0 Å². The van der Waals surface area contributed by atoms with Crippen molar-refractivity contribution in [3.05, 3.63) is 0 Å². The van der Waals surface area contributed by atoms with E-state index in [4.69, 9.17) is 0 Å². The summed E-state index contributed by atoms with van der Waals surface area (Å²) < 4.78 is 0. The third kappa shape index (κ3) is 2.41. The van der Waals surface area contributed by atoms with E-state index in [1.54, 1.807) is 0 Å². The standard InChI is InChI=1S/C20H35N3/c1-3-9-21-18(8-1)20-13-16(12-15-6-5-10-22-19(15)20)17-7-2-4-11-23(17)14-20/h15-19,21-22H,1-14H2/t15-,16?,17?,18+,19-,20+/m1/s1. The molecule has 1 aliphatic carbocycles. The maximum absolute atomic E-state index is 4.04. The summed E-state index contributed by atoms with van der Waals surface area (Å²) >= 11 is 0. The molecule has 0 aromatic heterocycles. The van der Waals surface area contributed by atoms with Crippen LogP contribution >= 0.6 is 0 Å². The first-order valence-electron chi connectivity index (χ1n) is 10.6. The van der Waals surface area contributed by atoms with E-state index >= 15 is 0 Å². The van der Waals surface area contributed by atoms with Gasteiger partial charge in [0.25, 0.3) is 0 Å². The molecule has 3 heteroatoms. The number of nitrogens with one attached hydrogen (secondary N) is 2. The van der Waals surface area contributed by atoms with Gasteiger partial charge in [-0.3, -0.25) is 4.90 Å². The number of hydrogen-bond acceptors (Lipinski definition) is 3. The summed E-state index contributed by atoms with van der Waals surface area (Å²) in [6.45, 7) is 5.30. The van der Waals surface area contributed by atoms with Gasteiger partial charge in [0.15, 0.2) is 0 Å². The third-order valence-corrected chi connectivity index (χ3v) is 8.16. The van der Waals surface area contributed by atoms with Gasteiger partial charge in [-0.25, -0.2) is 0 Å². The molecule has 1 saturated carbocycles. The molecule has 4 saturated heterocycles. The Labute approximate surface area is 142 Å². The average molecular weight is 318 g/mol.